The highest BCUT2D eigenvalue weighted by molar-refractivity contribution is 5.59. The molecule has 0 radical (unpaired) electrons. The van der Waals surface area contributed by atoms with Gasteiger partial charge >= 0.3 is 0 Å². The fourth-order valence-corrected chi connectivity index (χ4v) is 1.72. The van der Waals surface area contributed by atoms with Crippen molar-refractivity contribution in [3.63, 3.8) is 0 Å². The minimum absolute atomic E-state index is 0. The number of nitrogens with zero attached hydrogens (tertiary/aromatic N) is 1. The Bertz CT molecular complexity index is 336. The number of β-amino-alcohol motifs (C(OH)–C–C–N with tert-alkyl or cyclic N) is 1. The molecule has 0 atom stereocenters. The van der Waals surface area contributed by atoms with Gasteiger partial charge in [0.25, 0.3) is 0 Å². The van der Waals surface area contributed by atoms with Crippen molar-refractivity contribution in [2.75, 3.05) is 13.2 Å². The van der Waals surface area contributed by atoms with Crippen molar-refractivity contribution < 1.29 is 26.7 Å². The van der Waals surface area contributed by atoms with Crippen LogP contribution in [0, 0.1) is 0 Å². The van der Waals surface area contributed by atoms with E-state index in [9.17, 15) is 0 Å². The summed E-state index contributed by atoms with van der Waals surface area (Å²) in [5.74, 6) is 0. The van der Waals surface area contributed by atoms with Gasteiger partial charge in [0.15, 0.2) is 13.1 Å². The Morgan fingerprint density at radius 3 is 2.64 bits per heavy atom. The van der Waals surface area contributed by atoms with Gasteiger partial charge in [-0.2, -0.15) is 0 Å². The lowest BCUT2D eigenvalue weighted by atomic mass is 10.0. The van der Waals surface area contributed by atoms with E-state index in [0.717, 1.165) is 19.5 Å². The quantitative estimate of drug-likeness (QED) is 0.598. The lowest BCUT2D eigenvalue weighted by molar-refractivity contribution is -0.544. The van der Waals surface area contributed by atoms with Crippen molar-refractivity contribution in [2.45, 2.75) is 13.0 Å². The average Bonchev–Trinajstić information content (AvgIpc) is 2.18. The molecule has 3 heteroatoms. The minimum Gasteiger partial charge on any atom is -1.00 e. The number of aliphatic hydroxyl groups excluding tert-OH is 1. The first-order valence-corrected chi connectivity index (χ1v) is 4.65. The van der Waals surface area contributed by atoms with Crippen LogP contribution in [0.5, 0.6) is 0 Å². The SMILES string of the molecule is OCC[N+]1=CCc2ccccc2C1.[Br-]. The molecule has 14 heavy (non-hydrogen) atoms. The van der Waals surface area contributed by atoms with E-state index in [2.05, 4.69) is 35.1 Å². The highest BCUT2D eigenvalue weighted by atomic mass is 79.9. The van der Waals surface area contributed by atoms with Crippen LogP contribution in [0.2, 0.25) is 0 Å². The van der Waals surface area contributed by atoms with E-state index in [1.165, 1.54) is 11.1 Å². The van der Waals surface area contributed by atoms with Crippen molar-refractivity contribution in [3.05, 3.63) is 35.4 Å². The van der Waals surface area contributed by atoms with Crippen molar-refractivity contribution in [1.29, 1.82) is 0 Å². The molecule has 2 rings (SSSR count). The zero-order chi connectivity index (χ0) is 9.10. The predicted octanol–water partition coefficient (Wildman–Crippen LogP) is -2.18. The van der Waals surface area contributed by atoms with Crippen LogP contribution in [0.25, 0.3) is 0 Å². The van der Waals surface area contributed by atoms with Crippen molar-refractivity contribution in [1.82, 2.24) is 0 Å². The lowest BCUT2D eigenvalue weighted by Crippen LogP contribution is -3.00. The van der Waals surface area contributed by atoms with Crippen molar-refractivity contribution in [3.8, 4) is 0 Å². The Morgan fingerprint density at radius 2 is 1.93 bits per heavy atom. The summed E-state index contributed by atoms with van der Waals surface area (Å²) in [6, 6.07) is 8.48. The minimum atomic E-state index is 0. The Balaban J connectivity index is 0.000000980. The van der Waals surface area contributed by atoms with Crippen LogP contribution in [-0.2, 0) is 13.0 Å². The third kappa shape index (κ3) is 2.42. The van der Waals surface area contributed by atoms with Crippen LogP contribution in [0.1, 0.15) is 11.1 Å². The van der Waals surface area contributed by atoms with Gasteiger partial charge in [0.1, 0.15) is 12.8 Å². The van der Waals surface area contributed by atoms with Crippen LogP contribution in [0.3, 0.4) is 0 Å². The maximum absolute atomic E-state index is 8.80. The molecule has 0 aromatic heterocycles. The third-order valence-corrected chi connectivity index (χ3v) is 2.45. The lowest BCUT2D eigenvalue weighted by Gasteiger charge is -2.11. The van der Waals surface area contributed by atoms with E-state index >= 15 is 0 Å². The molecule has 0 bridgehead atoms. The van der Waals surface area contributed by atoms with Gasteiger partial charge in [-0.15, -0.1) is 0 Å². The standard InChI is InChI=1S/C11H14NO.BrH/c13-8-7-12-6-5-10-3-1-2-4-11(10)9-12;/h1-4,6,13H,5,7-9H2;1H/q+1;/p-1. The molecule has 1 aliphatic rings. The second-order valence-electron chi connectivity index (χ2n) is 3.35. The monoisotopic (exact) mass is 255 g/mol. The molecule has 0 amide bonds. The predicted molar refractivity (Wildman–Crippen MR) is 52.1 cm³/mol. The van der Waals surface area contributed by atoms with Gasteiger partial charge in [-0.3, -0.25) is 0 Å². The van der Waals surface area contributed by atoms with Gasteiger partial charge in [0.2, 0.25) is 0 Å². The normalized spacial score (nSPS) is 13.9. The van der Waals surface area contributed by atoms with Gasteiger partial charge in [-0.05, 0) is 5.56 Å². The molecule has 0 saturated carbocycles. The molecule has 1 aliphatic heterocycles. The second kappa shape index (κ2) is 5.27. The maximum atomic E-state index is 8.80. The average molecular weight is 256 g/mol. The summed E-state index contributed by atoms with van der Waals surface area (Å²) in [4.78, 5) is 0. The van der Waals surface area contributed by atoms with Crippen LogP contribution >= 0.6 is 0 Å². The van der Waals surface area contributed by atoms with E-state index in [1.807, 2.05) is 0 Å². The number of benzene rings is 1. The maximum Gasteiger partial charge on any atom is 0.168 e. The summed E-state index contributed by atoms with van der Waals surface area (Å²) >= 11 is 0. The van der Waals surface area contributed by atoms with Gasteiger partial charge in [-0.25, -0.2) is 4.58 Å². The molecule has 0 fully saturated rings. The van der Waals surface area contributed by atoms with Gasteiger partial charge in [0.05, 0.1) is 6.42 Å². The van der Waals surface area contributed by atoms with E-state index < -0.39 is 0 Å². The number of rotatable bonds is 2. The number of fused-ring (bicyclic) bond motifs is 1. The molecule has 1 N–H and O–H groups in total. The van der Waals surface area contributed by atoms with Gasteiger partial charge < -0.3 is 22.1 Å². The highest BCUT2D eigenvalue weighted by Gasteiger charge is 2.14. The molecule has 0 spiro atoms. The van der Waals surface area contributed by atoms with Gasteiger partial charge in [0, 0.05) is 5.56 Å². The Kier molecular flexibility index (Phi) is 4.29. The summed E-state index contributed by atoms with van der Waals surface area (Å²) in [5.41, 5.74) is 2.80. The van der Waals surface area contributed by atoms with Crippen LogP contribution in [-0.4, -0.2) is 29.0 Å². The van der Waals surface area contributed by atoms with Crippen molar-refractivity contribution >= 4 is 6.21 Å². The second-order valence-corrected chi connectivity index (χ2v) is 3.35. The first-order valence-electron chi connectivity index (χ1n) is 4.65. The Hall–Kier alpha value is -0.670. The smallest absolute Gasteiger partial charge is 0.168 e. The Labute approximate surface area is 94.7 Å². The molecular formula is C11H14BrNO. The first-order chi connectivity index (χ1) is 6.40. The summed E-state index contributed by atoms with van der Waals surface area (Å²) in [6.07, 6.45) is 3.16. The van der Waals surface area contributed by atoms with Crippen molar-refractivity contribution in [2.24, 2.45) is 0 Å². The third-order valence-electron chi connectivity index (χ3n) is 2.45. The fourth-order valence-electron chi connectivity index (χ4n) is 1.72. The van der Waals surface area contributed by atoms with Crippen LogP contribution in [0.4, 0.5) is 0 Å². The van der Waals surface area contributed by atoms with E-state index in [1.54, 1.807) is 0 Å². The number of halogens is 1. The zero-order valence-electron chi connectivity index (χ0n) is 7.99. The summed E-state index contributed by atoms with van der Waals surface area (Å²) < 4.78 is 2.17. The first kappa shape index (κ1) is 11.4. The summed E-state index contributed by atoms with van der Waals surface area (Å²) in [6.45, 7) is 1.92. The molecule has 1 aromatic carbocycles. The largest absolute Gasteiger partial charge is 1.00 e. The van der Waals surface area contributed by atoms with E-state index in [0.29, 0.717) is 0 Å². The molecule has 0 unspecified atom stereocenters. The Morgan fingerprint density at radius 1 is 1.21 bits per heavy atom. The summed E-state index contributed by atoms with van der Waals surface area (Å²) in [7, 11) is 0. The molecule has 1 aromatic rings. The highest BCUT2D eigenvalue weighted by Crippen LogP contribution is 2.13. The number of hydrogen-bond donors (Lipinski definition) is 1. The molecule has 0 aliphatic carbocycles. The molecular weight excluding hydrogens is 242 g/mol. The molecule has 1 heterocycles. The number of hydrogen-bond acceptors (Lipinski definition) is 1. The zero-order valence-corrected chi connectivity index (χ0v) is 9.57. The molecule has 2 nitrogen and oxygen atoms in total. The number of aliphatic hydroxyl groups is 1. The van der Waals surface area contributed by atoms with Crippen LogP contribution < -0.4 is 17.0 Å². The molecule has 76 valence electrons. The van der Waals surface area contributed by atoms with Gasteiger partial charge in [-0.1, -0.05) is 24.3 Å². The fraction of sp³-hybridized carbons (Fsp3) is 0.364. The molecule has 0 saturated heterocycles. The topological polar surface area (TPSA) is 23.2 Å². The van der Waals surface area contributed by atoms with E-state index in [-0.39, 0.29) is 23.6 Å². The van der Waals surface area contributed by atoms with E-state index in [4.69, 9.17) is 5.11 Å². The summed E-state index contributed by atoms with van der Waals surface area (Å²) in [5, 5.41) is 8.80. The van der Waals surface area contributed by atoms with Crippen LogP contribution in [0.15, 0.2) is 24.3 Å².